The predicted octanol–water partition coefficient (Wildman–Crippen LogP) is 3.74. The van der Waals surface area contributed by atoms with Crippen LogP contribution in [0.2, 0.25) is 0 Å². The van der Waals surface area contributed by atoms with Gasteiger partial charge >= 0.3 is 0 Å². The van der Waals surface area contributed by atoms with Gasteiger partial charge in [-0.05, 0) is 43.7 Å². The highest BCUT2D eigenvalue weighted by molar-refractivity contribution is 14.0. The summed E-state index contributed by atoms with van der Waals surface area (Å²) in [4.78, 5) is 4.61. The van der Waals surface area contributed by atoms with Gasteiger partial charge in [0.15, 0.2) is 5.96 Å². The molecule has 0 aliphatic rings. The lowest BCUT2D eigenvalue weighted by Gasteiger charge is -2.10. The SMILES string of the molecule is CCCCCNC(=NCc1ccn(-c2ccc(OC)cc2)n1)NCC.I. The Bertz CT molecular complexity index is 654. The molecule has 1 heterocycles. The number of aromatic nitrogens is 2. The molecule has 0 bridgehead atoms. The second-order valence-corrected chi connectivity index (χ2v) is 5.78. The van der Waals surface area contributed by atoms with E-state index in [2.05, 4.69) is 34.6 Å². The summed E-state index contributed by atoms with van der Waals surface area (Å²) in [5.41, 5.74) is 1.93. The van der Waals surface area contributed by atoms with Gasteiger partial charge in [0, 0.05) is 19.3 Å². The number of rotatable bonds is 9. The van der Waals surface area contributed by atoms with E-state index in [0.717, 1.165) is 42.6 Å². The van der Waals surface area contributed by atoms with Crippen molar-refractivity contribution < 1.29 is 4.74 Å². The summed E-state index contributed by atoms with van der Waals surface area (Å²) >= 11 is 0. The normalized spacial score (nSPS) is 11.0. The van der Waals surface area contributed by atoms with Gasteiger partial charge in [0.2, 0.25) is 0 Å². The molecule has 0 saturated heterocycles. The number of unbranched alkanes of at least 4 members (excludes halogenated alkanes) is 2. The fourth-order valence-corrected chi connectivity index (χ4v) is 2.41. The molecular formula is C19H30IN5O. The first-order chi connectivity index (χ1) is 12.3. The second kappa shape index (κ2) is 12.6. The molecule has 7 heteroatoms. The molecule has 26 heavy (non-hydrogen) atoms. The van der Waals surface area contributed by atoms with E-state index in [1.54, 1.807) is 7.11 Å². The summed E-state index contributed by atoms with van der Waals surface area (Å²) in [6.07, 6.45) is 5.57. The quantitative estimate of drug-likeness (QED) is 0.253. The Morgan fingerprint density at radius 2 is 1.88 bits per heavy atom. The van der Waals surface area contributed by atoms with Gasteiger partial charge in [0.25, 0.3) is 0 Å². The third-order valence-electron chi connectivity index (χ3n) is 3.80. The number of aliphatic imine (C=N–C) groups is 1. The number of halogens is 1. The van der Waals surface area contributed by atoms with Crippen LogP contribution in [0.15, 0.2) is 41.5 Å². The van der Waals surface area contributed by atoms with Crippen molar-refractivity contribution in [2.75, 3.05) is 20.2 Å². The van der Waals surface area contributed by atoms with Crippen LogP contribution < -0.4 is 15.4 Å². The summed E-state index contributed by atoms with van der Waals surface area (Å²) in [5.74, 6) is 1.68. The Labute approximate surface area is 173 Å². The Kier molecular flexibility index (Phi) is 10.8. The summed E-state index contributed by atoms with van der Waals surface area (Å²) in [7, 11) is 1.66. The first-order valence-corrected chi connectivity index (χ1v) is 8.98. The fraction of sp³-hybridized carbons (Fsp3) is 0.474. The lowest BCUT2D eigenvalue weighted by Crippen LogP contribution is -2.37. The standard InChI is InChI=1S/C19H29N5O.HI/c1-4-6-7-13-21-19(20-5-2)22-15-16-12-14-24(23-16)17-8-10-18(25-3)11-9-17;/h8-12,14H,4-7,13,15H2,1-3H3,(H2,20,21,22);1H. The third-order valence-corrected chi connectivity index (χ3v) is 3.80. The van der Waals surface area contributed by atoms with E-state index in [1.165, 1.54) is 12.8 Å². The number of nitrogens with one attached hydrogen (secondary N) is 2. The molecule has 0 amide bonds. The van der Waals surface area contributed by atoms with Crippen molar-refractivity contribution in [3.05, 3.63) is 42.2 Å². The molecule has 0 aliphatic heterocycles. The average Bonchev–Trinajstić information content (AvgIpc) is 3.12. The minimum atomic E-state index is 0. The van der Waals surface area contributed by atoms with Crippen LogP contribution in [-0.4, -0.2) is 35.9 Å². The third kappa shape index (κ3) is 7.23. The number of methoxy groups -OCH3 is 1. The van der Waals surface area contributed by atoms with Crippen molar-refractivity contribution in [1.29, 1.82) is 0 Å². The summed E-state index contributed by atoms with van der Waals surface area (Å²) in [6, 6.07) is 9.82. The number of nitrogens with zero attached hydrogens (tertiary/aromatic N) is 3. The molecule has 0 saturated carbocycles. The van der Waals surface area contributed by atoms with E-state index in [0.29, 0.717) is 6.54 Å². The van der Waals surface area contributed by atoms with Crippen LogP contribution in [0, 0.1) is 0 Å². The van der Waals surface area contributed by atoms with Gasteiger partial charge in [0.05, 0.1) is 25.0 Å². The van der Waals surface area contributed by atoms with Gasteiger partial charge in [-0.25, -0.2) is 9.67 Å². The van der Waals surface area contributed by atoms with Crippen molar-refractivity contribution in [1.82, 2.24) is 20.4 Å². The summed E-state index contributed by atoms with van der Waals surface area (Å²) in [6.45, 7) is 6.62. The Balaban J connectivity index is 0.00000338. The molecule has 2 rings (SSSR count). The molecule has 0 aliphatic carbocycles. The summed E-state index contributed by atoms with van der Waals surface area (Å²) < 4.78 is 7.04. The molecule has 0 spiro atoms. The average molecular weight is 471 g/mol. The van der Waals surface area contributed by atoms with E-state index < -0.39 is 0 Å². The molecule has 2 aromatic rings. The highest BCUT2D eigenvalue weighted by Crippen LogP contribution is 2.14. The van der Waals surface area contributed by atoms with Gasteiger partial charge in [-0.15, -0.1) is 24.0 Å². The molecule has 0 unspecified atom stereocenters. The van der Waals surface area contributed by atoms with E-state index >= 15 is 0 Å². The van der Waals surface area contributed by atoms with Crippen molar-refractivity contribution in [2.45, 2.75) is 39.7 Å². The monoisotopic (exact) mass is 471 g/mol. The zero-order chi connectivity index (χ0) is 17.9. The topological polar surface area (TPSA) is 63.5 Å². The first kappa shape index (κ1) is 22.3. The lowest BCUT2D eigenvalue weighted by atomic mass is 10.2. The highest BCUT2D eigenvalue weighted by Gasteiger charge is 2.03. The van der Waals surface area contributed by atoms with Crippen LogP contribution in [0.3, 0.4) is 0 Å². The van der Waals surface area contributed by atoms with Gasteiger partial charge in [-0.1, -0.05) is 19.8 Å². The lowest BCUT2D eigenvalue weighted by molar-refractivity contribution is 0.414. The maximum Gasteiger partial charge on any atom is 0.191 e. The molecule has 6 nitrogen and oxygen atoms in total. The van der Waals surface area contributed by atoms with Crippen LogP contribution in [0.25, 0.3) is 5.69 Å². The van der Waals surface area contributed by atoms with Gasteiger partial charge < -0.3 is 15.4 Å². The molecular weight excluding hydrogens is 441 g/mol. The van der Waals surface area contributed by atoms with Crippen LogP contribution >= 0.6 is 24.0 Å². The number of hydrogen-bond acceptors (Lipinski definition) is 3. The first-order valence-electron chi connectivity index (χ1n) is 8.98. The maximum absolute atomic E-state index is 5.18. The van der Waals surface area contributed by atoms with Crippen molar-refractivity contribution in [2.24, 2.45) is 4.99 Å². The number of guanidine groups is 1. The molecule has 0 fully saturated rings. The van der Waals surface area contributed by atoms with Gasteiger partial charge in [-0.3, -0.25) is 0 Å². The second-order valence-electron chi connectivity index (χ2n) is 5.78. The minimum Gasteiger partial charge on any atom is -0.497 e. The van der Waals surface area contributed by atoms with Crippen molar-refractivity contribution in [3.63, 3.8) is 0 Å². The predicted molar refractivity (Wildman–Crippen MR) is 118 cm³/mol. The van der Waals surface area contributed by atoms with Crippen LogP contribution in [-0.2, 0) is 6.54 Å². The fourth-order valence-electron chi connectivity index (χ4n) is 2.41. The molecule has 0 radical (unpaired) electrons. The number of ether oxygens (including phenoxy) is 1. The Hall–Kier alpha value is -1.77. The van der Waals surface area contributed by atoms with E-state index in [9.17, 15) is 0 Å². The van der Waals surface area contributed by atoms with Crippen molar-refractivity contribution in [3.8, 4) is 11.4 Å². The number of hydrogen-bond donors (Lipinski definition) is 2. The maximum atomic E-state index is 5.18. The highest BCUT2D eigenvalue weighted by atomic mass is 127. The van der Waals surface area contributed by atoms with E-state index in [-0.39, 0.29) is 24.0 Å². The van der Waals surface area contributed by atoms with Crippen LogP contribution in [0.5, 0.6) is 5.75 Å². The van der Waals surface area contributed by atoms with E-state index in [1.807, 2.05) is 41.2 Å². The molecule has 144 valence electrons. The molecule has 0 atom stereocenters. The zero-order valence-electron chi connectivity index (χ0n) is 15.9. The minimum absolute atomic E-state index is 0. The molecule has 1 aromatic carbocycles. The Morgan fingerprint density at radius 3 is 2.54 bits per heavy atom. The van der Waals surface area contributed by atoms with E-state index in [4.69, 9.17) is 4.74 Å². The largest absolute Gasteiger partial charge is 0.497 e. The van der Waals surface area contributed by atoms with Crippen LogP contribution in [0.4, 0.5) is 0 Å². The van der Waals surface area contributed by atoms with Crippen molar-refractivity contribution >= 4 is 29.9 Å². The zero-order valence-corrected chi connectivity index (χ0v) is 18.2. The smallest absolute Gasteiger partial charge is 0.191 e. The number of benzene rings is 1. The molecule has 2 N–H and O–H groups in total. The van der Waals surface area contributed by atoms with Gasteiger partial charge in [0.1, 0.15) is 5.75 Å². The summed E-state index contributed by atoms with van der Waals surface area (Å²) in [5, 5.41) is 11.2. The van der Waals surface area contributed by atoms with Gasteiger partial charge in [-0.2, -0.15) is 5.10 Å². The Morgan fingerprint density at radius 1 is 1.12 bits per heavy atom. The molecule has 1 aromatic heterocycles. The van der Waals surface area contributed by atoms with Crippen LogP contribution in [0.1, 0.15) is 38.8 Å².